The number of thioether (sulfide) groups is 1. The number of Topliss-reactive ketones (excluding diaryl/α,β-unsaturated/α-hetero) is 1. The van der Waals surface area contributed by atoms with Gasteiger partial charge in [0.15, 0.2) is 5.82 Å². The standard InChI is InChI=1S/C16H20N2O2S/c1-11(2)8-13(19)9-16-17-15(18-20-16)10-21-14-6-4-12(3)5-7-14/h4-7,11H,8-10H2,1-3H3. The zero-order valence-corrected chi connectivity index (χ0v) is 13.4. The molecule has 21 heavy (non-hydrogen) atoms. The van der Waals surface area contributed by atoms with Crippen LogP contribution >= 0.6 is 11.8 Å². The maximum absolute atomic E-state index is 11.7. The maximum Gasteiger partial charge on any atom is 0.234 e. The number of benzene rings is 1. The Morgan fingerprint density at radius 2 is 2.00 bits per heavy atom. The van der Waals surface area contributed by atoms with Gasteiger partial charge in [0, 0.05) is 11.3 Å². The molecule has 0 unspecified atom stereocenters. The van der Waals surface area contributed by atoms with Gasteiger partial charge in [-0.2, -0.15) is 4.98 Å². The van der Waals surface area contributed by atoms with Crippen LogP contribution in [-0.2, 0) is 17.0 Å². The molecule has 0 aliphatic carbocycles. The Bertz CT molecular complexity index is 591. The van der Waals surface area contributed by atoms with Crippen molar-refractivity contribution in [2.24, 2.45) is 5.92 Å². The van der Waals surface area contributed by atoms with Crippen LogP contribution in [-0.4, -0.2) is 15.9 Å². The van der Waals surface area contributed by atoms with Crippen LogP contribution < -0.4 is 0 Å². The van der Waals surface area contributed by atoms with Crippen LogP contribution in [0.3, 0.4) is 0 Å². The molecule has 0 amide bonds. The lowest BCUT2D eigenvalue weighted by Crippen LogP contribution is -2.06. The minimum absolute atomic E-state index is 0.145. The fourth-order valence-electron chi connectivity index (χ4n) is 1.90. The van der Waals surface area contributed by atoms with Crippen LogP contribution in [0.5, 0.6) is 0 Å². The number of hydrogen-bond acceptors (Lipinski definition) is 5. The second-order valence-electron chi connectivity index (χ2n) is 5.52. The first-order chi connectivity index (χ1) is 10.0. The fraction of sp³-hybridized carbons (Fsp3) is 0.438. The molecule has 0 fully saturated rings. The predicted molar refractivity (Wildman–Crippen MR) is 83.2 cm³/mol. The van der Waals surface area contributed by atoms with Gasteiger partial charge >= 0.3 is 0 Å². The Hall–Kier alpha value is -1.62. The van der Waals surface area contributed by atoms with Gasteiger partial charge in [0.2, 0.25) is 5.89 Å². The van der Waals surface area contributed by atoms with Crippen LogP contribution in [0.4, 0.5) is 0 Å². The molecule has 2 aromatic rings. The van der Waals surface area contributed by atoms with Gasteiger partial charge in [0.05, 0.1) is 12.2 Å². The van der Waals surface area contributed by atoms with E-state index in [9.17, 15) is 4.79 Å². The van der Waals surface area contributed by atoms with E-state index < -0.39 is 0 Å². The van der Waals surface area contributed by atoms with E-state index in [1.807, 2.05) is 13.8 Å². The lowest BCUT2D eigenvalue weighted by Gasteiger charge is -2.00. The molecule has 1 aromatic heterocycles. The topological polar surface area (TPSA) is 56.0 Å². The van der Waals surface area contributed by atoms with Crippen molar-refractivity contribution in [3.8, 4) is 0 Å². The molecule has 1 aromatic carbocycles. The smallest absolute Gasteiger partial charge is 0.234 e. The number of nitrogens with zero attached hydrogens (tertiary/aromatic N) is 2. The van der Waals surface area contributed by atoms with Gasteiger partial charge in [0.1, 0.15) is 5.78 Å². The summed E-state index contributed by atoms with van der Waals surface area (Å²) >= 11 is 1.66. The Balaban J connectivity index is 1.85. The minimum atomic E-state index is 0.145. The Labute approximate surface area is 129 Å². The zero-order valence-electron chi connectivity index (χ0n) is 12.6. The lowest BCUT2D eigenvalue weighted by atomic mass is 10.1. The number of aromatic nitrogens is 2. The van der Waals surface area contributed by atoms with Gasteiger partial charge in [-0.05, 0) is 25.0 Å². The highest BCUT2D eigenvalue weighted by Gasteiger charge is 2.12. The molecule has 1 heterocycles. The minimum Gasteiger partial charge on any atom is -0.339 e. The van der Waals surface area contributed by atoms with E-state index in [-0.39, 0.29) is 12.2 Å². The predicted octanol–water partition coefficient (Wildman–Crippen LogP) is 3.83. The number of hydrogen-bond donors (Lipinski definition) is 0. The Morgan fingerprint density at radius 1 is 1.29 bits per heavy atom. The molecule has 0 radical (unpaired) electrons. The highest BCUT2D eigenvalue weighted by molar-refractivity contribution is 7.98. The summed E-state index contributed by atoms with van der Waals surface area (Å²) in [5.74, 6) is 2.20. The van der Waals surface area contributed by atoms with Gasteiger partial charge in [-0.15, -0.1) is 11.8 Å². The van der Waals surface area contributed by atoms with Crippen molar-refractivity contribution in [1.29, 1.82) is 0 Å². The largest absolute Gasteiger partial charge is 0.339 e. The zero-order chi connectivity index (χ0) is 15.2. The molecule has 0 atom stereocenters. The summed E-state index contributed by atoms with van der Waals surface area (Å²) in [5, 5.41) is 3.92. The van der Waals surface area contributed by atoms with Gasteiger partial charge < -0.3 is 4.52 Å². The van der Waals surface area contributed by atoms with E-state index in [1.54, 1.807) is 11.8 Å². The molecule has 0 saturated carbocycles. The second kappa shape index (κ2) is 7.41. The first-order valence-corrected chi connectivity index (χ1v) is 8.04. The number of aryl methyl sites for hydroxylation is 1. The summed E-state index contributed by atoms with van der Waals surface area (Å²) in [5.41, 5.74) is 1.24. The molecule has 4 nitrogen and oxygen atoms in total. The monoisotopic (exact) mass is 304 g/mol. The third-order valence-electron chi connectivity index (χ3n) is 2.88. The van der Waals surface area contributed by atoms with Gasteiger partial charge in [-0.1, -0.05) is 36.7 Å². The number of carbonyl (C=O) groups excluding carboxylic acids is 1. The average Bonchev–Trinajstić information content (AvgIpc) is 2.84. The van der Waals surface area contributed by atoms with E-state index in [0.717, 1.165) is 0 Å². The van der Waals surface area contributed by atoms with E-state index in [4.69, 9.17) is 4.52 Å². The quantitative estimate of drug-likeness (QED) is 0.728. The van der Waals surface area contributed by atoms with Gasteiger partial charge in [-0.3, -0.25) is 4.79 Å². The highest BCUT2D eigenvalue weighted by atomic mass is 32.2. The Morgan fingerprint density at radius 3 is 2.67 bits per heavy atom. The van der Waals surface area contributed by atoms with Crippen LogP contribution in [0.25, 0.3) is 0 Å². The molecule has 0 bridgehead atoms. The first-order valence-electron chi connectivity index (χ1n) is 7.05. The van der Waals surface area contributed by atoms with Crippen molar-refractivity contribution in [2.75, 3.05) is 0 Å². The van der Waals surface area contributed by atoms with Crippen LogP contribution in [0, 0.1) is 12.8 Å². The summed E-state index contributed by atoms with van der Waals surface area (Å²) in [7, 11) is 0. The lowest BCUT2D eigenvalue weighted by molar-refractivity contribution is -0.119. The summed E-state index contributed by atoms with van der Waals surface area (Å²) in [6.07, 6.45) is 0.788. The van der Waals surface area contributed by atoms with Crippen molar-refractivity contribution in [1.82, 2.24) is 10.1 Å². The molecule has 112 valence electrons. The molecule has 0 saturated heterocycles. The number of carbonyl (C=O) groups is 1. The molecule has 0 aliphatic heterocycles. The van der Waals surface area contributed by atoms with Crippen molar-refractivity contribution in [3.63, 3.8) is 0 Å². The number of rotatable bonds is 7. The molecule has 0 spiro atoms. The molecule has 5 heteroatoms. The Kier molecular flexibility index (Phi) is 5.56. The first kappa shape index (κ1) is 15.8. The van der Waals surface area contributed by atoms with Crippen LogP contribution in [0.1, 0.15) is 37.5 Å². The van der Waals surface area contributed by atoms with Crippen molar-refractivity contribution >= 4 is 17.5 Å². The van der Waals surface area contributed by atoms with Gasteiger partial charge in [0.25, 0.3) is 0 Å². The summed E-state index contributed by atoms with van der Waals surface area (Å²) in [6.45, 7) is 6.11. The van der Waals surface area contributed by atoms with Crippen molar-refractivity contribution in [3.05, 3.63) is 41.5 Å². The van der Waals surface area contributed by atoms with E-state index in [2.05, 4.69) is 41.3 Å². The molecule has 2 rings (SSSR count). The van der Waals surface area contributed by atoms with E-state index >= 15 is 0 Å². The highest BCUT2D eigenvalue weighted by Crippen LogP contribution is 2.21. The van der Waals surface area contributed by atoms with Crippen molar-refractivity contribution < 1.29 is 9.32 Å². The molecule has 0 aliphatic rings. The normalized spacial score (nSPS) is 11.0. The SMILES string of the molecule is Cc1ccc(SCc2noc(CC(=O)CC(C)C)n2)cc1. The van der Waals surface area contributed by atoms with Crippen molar-refractivity contribution in [2.45, 2.75) is 44.3 Å². The average molecular weight is 304 g/mol. The number of ketones is 1. The van der Waals surface area contributed by atoms with Gasteiger partial charge in [-0.25, -0.2) is 0 Å². The maximum atomic E-state index is 11.7. The van der Waals surface area contributed by atoms with Crippen LogP contribution in [0.15, 0.2) is 33.7 Å². The molecule has 0 N–H and O–H groups in total. The third kappa shape index (κ3) is 5.34. The molecular formula is C16H20N2O2S. The van der Waals surface area contributed by atoms with E-state index in [1.165, 1.54) is 10.5 Å². The summed E-state index contributed by atoms with van der Waals surface area (Å²) in [6, 6.07) is 8.31. The molecular weight excluding hydrogens is 284 g/mol. The fourth-order valence-corrected chi connectivity index (χ4v) is 2.64. The second-order valence-corrected chi connectivity index (χ2v) is 6.57. The van der Waals surface area contributed by atoms with Crippen LogP contribution in [0.2, 0.25) is 0 Å². The summed E-state index contributed by atoms with van der Waals surface area (Å²) < 4.78 is 5.13. The third-order valence-corrected chi connectivity index (χ3v) is 3.89. The van der Waals surface area contributed by atoms with E-state index in [0.29, 0.717) is 29.8 Å². The summed E-state index contributed by atoms with van der Waals surface area (Å²) in [4.78, 5) is 17.2.